The van der Waals surface area contributed by atoms with Gasteiger partial charge in [0, 0.05) is 31.3 Å². The molecule has 0 radical (unpaired) electrons. The number of urea groups is 1. The minimum absolute atomic E-state index is 0.00530. The number of methoxy groups -OCH3 is 1. The topological polar surface area (TPSA) is 108 Å². The summed E-state index contributed by atoms with van der Waals surface area (Å²) in [6.07, 6.45) is 0.869. The summed E-state index contributed by atoms with van der Waals surface area (Å²) in [6, 6.07) is 6.81. The third-order valence-electron chi connectivity index (χ3n) is 5.01. The van der Waals surface area contributed by atoms with Crippen LogP contribution in [-0.4, -0.2) is 53.7 Å². The number of likely N-dealkylation sites (tertiary alicyclic amines) is 1. The lowest BCUT2D eigenvalue weighted by Gasteiger charge is -2.41. The zero-order valence-corrected chi connectivity index (χ0v) is 13.9. The van der Waals surface area contributed by atoms with Crippen molar-refractivity contribution in [3.63, 3.8) is 0 Å². The Hall–Kier alpha value is -2.77. The number of carbonyl (C=O) groups excluding carboxylic acids is 2. The Morgan fingerprint density at radius 3 is 2.72 bits per heavy atom. The maximum Gasteiger partial charge on any atom is 0.321 e. The maximum atomic E-state index is 12.4. The van der Waals surface area contributed by atoms with Gasteiger partial charge in [-0.25, -0.2) is 4.79 Å². The second-order valence-electron chi connectivity index (χ2n) is 6.45. The summed E-state index contributed by atoms with van der Waals surface area (Å²) < 4.78 is 5.13. The molecule has 1 aromatic carbocycles. The largest absolute Gasteiger partial charge is 0.497 e. The van der Waals surface area contributed by atoms with Gasteiger partial charge in [-0.1, -0.05) is 6.07 Å². The molecule has 2 fully saturated rings. The molecule has 2 aliphatic heterocycles. The van der Waals surface area contributed by atoms with Crippen molar-refractivity contribution in [1.82, 2.24) is 10.2 Å². The van der Waals surface area contributed by atoms with Crippen LogP contribution in [-0.2, 0) is 9.59 Å². The Morgan fingerprint density at radius 1 is 1.36 bits per heavy atom. The molecule has 1 aromatic rings. The van der Waals surface area contributed by atoms with E-state index >= 15 is 0 Å². The van der Waals surface area contributed by atoms with Crippen molar-refractivity contribution in [2.45, 2.75) is 24.8 Å². The van der Waals surface area contributed by atoms with Crippen molar-refractivity contribution < 1.29 is 24.2 Å². The quantitative estimate of drug-likeness (QED) is 0.763. The summed E-state index contributed by atoms with van der Waals surface area (Å²) in [7, 11) is 1.56. The molecule has 8 nitrogen and oxygen atoms in total. The van der Waals surface area contributed by atoms with Crippen LogP contribution in [0.4, 0.5) is 10.5 Å². The number of ether oxygens (including phenoxy) is 1. The van der Waals surface area contributed by atoms with Gasteiger partial charge >= 0.3 is 12.0 Å². The van der Waals surface area contributed by atoms with Gasteiger partial charge in [0.05, 0.1) is 18.6 Å². The van der Waals surface area contributed by atoms with Crippen molar-refractivity contribution in [2.75, 3.05) is 25.5 Å². The first-order valence-electron chi connectivity index (χ1n) is 8.17. The molecule has 0 aromatic heterocycles. The lowest BCUT2D eigenvalue weighted by Crippen LogP contribution is -2.57. The highest BCUT2D eigenvalue weighted by atomic mass is 16.5. The first-order valence-corrected chi connectivity index (χ1v) is 8.17. The van der Waals surface area contributed by atoms with Gasteiger partial charge in [0.1, 0.15) is 5.75 Å². The Labute approximate surface area is 145 Å². The zero-order chi connectivity index (χ0) is 18.0. The second kappa shape index (κ2) is 6.62. The van der Waals surface area contributed by atoms with Crippen LogP contribution in [0.5, 0.6) is 5.75 Å². The first kappa shape index (κ1) is 17.1. The van der Waals surface area contributed by atoms with Crippen molar-refractivity contribution in [1.29, 1.82) is 0 Å². The highest BCUT2D eigenvalue weighted by molar-refractivity contribution is 5.90. The molecule has 0 saturated carbocycles. The third-order valence-corrected chi connectivity index (χ3v) is 5.01. The molecule has 2 heterocycles. The fraction of sp³-hybridized carbons (Fsp3) is 0.471. The van der Waals surface area contributed by atoms with Gasteiger partial charge in [-0.2, -0.15) is 0 Å². The summed E-state index contributed by atoms with van der Waals surface area (Å²) in [6.45, 7) is 0.778. The van der Waals surface area contributed by atoms with E-state index in [0.29, 0.717) is 37.4 Å². The normalized spacial score (nSPS) is 21.7. The van der Waals surface area contributed by atoms with Crippen molar-refractivity contribution in [3.8, 4) is 5.75 Å². The molecule has 0 aliphatic carbocycles. The first-order chi connectivity index (χ1) is 11.9. The Balaban J connectivity index is 1.62. The number of benzene rings is 1. The Kier molecular flexibility index (Phi) is 4.52. The van der Waals surface area contributed by atoms with Gasteiger partial charge in [0.15, 0.2) is 0 Å². The van der Waals surface area contributed by atoms with E-state index in [1.165, 1.54) is 0 Å². The van der Waals surface area contributed by atoms with E-state index in [-0.39, 0.29) is 18.4 Å². The molecule has 1 unspecified atom stereocenters. The van der Waals surface area contributed by atoms with Crippen LogP contribution in [0, 0.1) is 5.92 Å². The number of rotatable bonds is 3. The number of carboxylic acids is 1. The maximum absolute atomic E-state index is 12.4. The van der Waals surface area contributed by atoms with E-state index < -0.39 is 17.4 Å². The van der Waals surface area contributed by atoms with Gasteiger partial charge in [-0.05, 0) is 25.0 Å². The van der Waals surface area contributed by atoms with E-state index in [1.54, 1.807) is 36.3 Å². The van der Waals surface area contributed by atoms with E-state index in [2.05, 4.69) is 10.6 Å². The summed E-state index contributed by atoms with van der Waals surface area (Å²) >= 11 is 0. The van der Waals surface area contributed by atoms with Crippen molar-refractivity contribution in [3.05, 3.63) is 24.3 Å². The predicted molar refractivity (Wildman–Crippen MR) is 89.4 cm³/mol. The Bertz CT molecular complexity index is 697. The van der Waals surface area contributed by atoms with Crippen LogP contribution >= 0.6 is 0 Å². The minimum Gasteiger partial charge on any atom is -0.497 e. The number of hydrogen-bond donors (Lipinski definition) is 3. The molecule has 3 N–H and O–H groups in total. The summed E-state index contributed by atoms with van der Waals surface area (Å²) in [5.74, 6) is -1.29. The average Bonchev–Trinajstić information content (AvgIpc) is 2.91. The molecule has 3 rings (SSSR count). The smallest absolute Gasteiger partial charge is 0.321 e. The molecule has 25 heavy (non-hydrogen) atoms. The highest BCUT2D eigenvalue weighted by Crippen LogP contribution is 2.37. The van der Waals surface area contributed by atoms with Gasteiger partial charge < -0.3 is 25.4 Å². The molecule has 1 spiro atoms. The van der Waals surface area contributed by atoms with Crippen LogP contribution in [0.25, 0.3) is 0 Å². The summed E-state index contributed by atoms with van der Waals surface area (Å²) in [5, 5.41) is 15.0. The molecular formula is C17H21N3O5. The van der Waals surface area contributed by atoms with Gasteiger partial charge in [-0.15, -0.1) is 0 Å². The monoisotopic (exact) mass is 347 g/mol. The third kappa shape index (κ3) is 3.38. The number of nitrogens with zero attached hydrogens (tertiary/aromatic N) is 1. The SMILES string of the molecule is COc1cccc(NC(=O)N2CCC3(CC2)NC(=O)CC3C(=O)O)c1. The number of carboxylic acid groups (broad SMARTS) is 1. The number of anilines is 1. The van der Waals surface area contributed by atoms with Crippen LogP contribution in [0.2, 0.25) is 0 Å². The molecule has 2 saturated heterocycles. The van der Waals surface area contributed by atoms with Crippen molar-refractivity contribution in [2.24, 2.45) is 5.92 Å². The summed E-state index contributed by atoms with van der Waals surface area (Å²) in [4.78, 5) is 37.2. The van der Waals surface area contributed by atoms with E-state index in [1.807, 2.05) is 0 Å². The number of aliphatic carboxylic acids is 1. The standard InChI is InChI=1S/C17H21N3O5/c1-25-12-4-2-3-11(9-12)18-16(24)20-7-5-17(6-8-20)13(15(22)23)10-14(21)19-17/h2-4,9,13H,5-8,10H2,1H3,(H,18,24)(H,19,21)(H,22,23). The van der Waals surface area contributed by atoms with Crippen LogP contribution in [0.3, 0.4) is 0 Å². The number of hydrogen-bond acceptors (Lipinski definition) is 4. The minimum atomic E-state index is -0.965. The van der Waals surface area contributed by atoms with Crippen molar-refractivity contribution >= 4 is 23.6 Å². The zero-order valence-electron chi connectivity index (χ0n) is 13.9. The van der Waals surface area contributed by atoms with E-state index in [0.717, 1.165) is 0 Å². The van der Waals surface area contributed by atoms with E-state index in [4.69, 9.17) is 4.74 Å². The fourth-order valence-electron chi connectivity index (χ4n) is 3.61. The molecule has 134 valence electrons. The van der Waals surface area contributed by atoms with Crippen LogP contribution in [0.15, 0.2) is 24.3 Å². The summed E-state index contributed by atoms with van der Waals surface area (Å²) in [5.41, 5.74) is -0.113. The predicted octanol–water partition coefficient (Wildman–Crippen LogP) is 1.28. The fourth-order valence-corrected chi connectivity index (χ4v) is 3.61. The molecule has 8 heteroatoms. The molecule has 0 bridgehead atoms. The molecule has 1 atom stereocenters. The van der Waals surface area contributed by atoms with Crippen LogP contribution in [0.1, 0.15) is 19.3 Å². The van der Waals surface area contributed by atoms with Gasteiger partial charge in [0.2, 0.25) is 5.91 Å². The van der Waals surface area contributed by atoms with Gasteiger partial charge in [0.25, 0.3) is 0 Å². The number of carbonyl (C=O) groups is 3. The molecular weight excluding hydrogens is 326 g/mol. The number of amides is 3. The molecule has 2 aliphatic rings. The second-order valence-corrected chi connectivity index (χ2v) is 6.45. The Morgan fingerprint density at radius 2 is 2.08 bits per heavy atom. The number of nitrogens with one attached hydrogen (secondary N) is 2. The lowest BCUT2D eigenvalue weighted by molar-refractivity contribution is -0.144. The lowest BCUT2D eigenvalue weighted by atomic mass is 9.78. The number of piperidine rings is 1. The average molecular weight is 347 g/mol. The van der Waals surface area contributed by atoms with E-state index in [9.17, 15) is 19.5 Å². The van der Waals surface area contributed by atoms with Gasteiger partial charge in [-0.3, -0.25) is 9.59 Å². The highest BCUT2D eigenvalue weighted by Gasteiger charge is 2.52. The van der Waals surface area contributed by atoms with Crippen LogP contribution < -0.4 is 15.4 Å². The molecule has 3 amide bonds.